The normalized spacial score (nSPS) is 12.3. The van der Waals surface area contributed by atoms with Gasteiger partial charge in [-0.15, -0.1) is 0 Å². The molecule has 0 heterocycles. The van der Waals surface area contributed by atoms with Crippen molar-refractivity contribution in [2.75, 3.05) is 7.11 Å². The fourth-order valence-corrected chi connectivity index (χ4v) is 2.06. The van der Waals surface area contributed by atoms with Crippen LogP contribution in [0.2, 0.25) is 0 Å². The highest BCUT2D eigenvalue weighted by Gasteiger charge is 2.23. The van der Waals surface area contributed by atoms with E-state index in [-0.39, 0.29) is 5.57 Å². The van der Waals surface area contributed by atoms with E-state index in [0.29, 0.717) is 5.71 Å². The third-order valence-electron chi connectivity index (χ3n) is 3.35. The minimum atomic E-state index is -0.692. The van der Waals surface area contributed by atoms with Crippen LogP contribution in [0.1, 0.15) is 24.2 Å². The molecule has 2 aromatic carbocycles. The molecule has 118 valence electrons. The Labute approximate surface area is 136 Å². The van der Waals surface area contributed by atoms with Crippen LogP contribution in [0.25, 0.3) is 0 Å². The maximum Gasteiger partial charge on any atom is 0.337 e. The molecule has 4 heteroatoms. The van der Waals surface area contributed by atoms with Gasteiger partial charge in [-0.05, 0) is 18.1 Å². The lowest BCUT2D eigenvalue weighted by atomic mass is 10.0. The van der Waals surface area contributed by atoms with E-state index in [0.717, 1.165) is 11.1 Å². The van der Waals surface area contributed by atoms with Gasteiger partial charge >= 0.3 is 5.97 Å². The second-order valence-corrected chi connectivity index (χ2v) is 4.96. The summed E-state index contributed by atoms with van der Waals surface area (Å²) in [6.07, 6.45) is -0.692. The lowest BCUT2D eigenvalue weighted by Crippen LogP contribution is -2.14. The molecule has 0 aliphatic rings. The molecule has 0 fully saturated rings. The fourth-order valence-electron chi connectivity index (χ4n) is 2.06. The lowest BCUT2D eigenvalue weighted by molar-refractivity contribution is -0.137. The molecule has 0 radical (unpaired) electrons. The molecule has 2 rings (SSSR count). The first kappa shape index (κ1) is 16.5. The molecule has 1 atom stereocenters. The quantitative estimate of drug-likeness (QED) is 0.352. The second-order valence-electron chi connectivity index (χ2n) is 4.96. The van der Waals surface area contributed by atoms with Crippen molar-refractivity contribution in [2.24, 2.45) is 5.16 Å². The number of methoxy groups -OCH3 is 1. The van der Waals surface area contributed by atoms with Crippen molar-refractivity contribution >= 4 is 11.7 Å². The summed E-state index contributed by atoms with van der Waals surface area (Å²) in [6, 6.07) is 19.0. The highest BCUT2D eigenvalue weighted by atomic mass is 16.6. The van der Waals surface area contributed by atoms with Crippen molar-refractivity contribution in [3.63, 3.8) is 0 Å². The van der Waals surface area contributed by atoms with Crippen LogP contribution < -0.4 is 0 Å². The number of nitrogens with zero attached hydrogens (tertiary/aromatic N) is 1. The van der Waals surface area contributed by atoms with Gasteiger partial charge in [0.05, 0.1) is 18.4 Å². The van der Waals surface area contributed by atoms with Crippen molar-refractivity contribution in [3.05, 3.63) is 83.9 Å². The number of hydrogen-bond acceptors (Lipinski definition) is 4. The molecule has 23 heavy (non-hydrogen) atoms. The molecular formula is C19H19NO3. The van der Waals surface area contributed by atoms with Crippen LogP contribution in [-0.4, -0.2) is 18.8 Å². The molecule has 2 aromatic rings. The Kier molecular flexibility index (Phi) is 5.69. The van der Waals surface area contributed by atoms with Gasteiger partial charge < -0.3 is 9.57 Å². The molecule has 0 saturated heterocycles. The standard InChI is InChI=1S/C19H19NO3/c1-14(19(21)22-3)18(17-12-8-5-9-13-17)23-20-15(2)16-10-6-4-7-11-16/h4-13,18H,1H2,2-3H3/b20-15+/t18-/m1/s1. The first-order valence-corrected chi connectivity index (χ1v) is 7.21. The number of ether oxygens (including phenoxy) is 1. The first-order valence-electron chi connectivity index (χ1n) is 7.21. The molecule has 0 spiro atoms. The van der Waals surface area contributed by atoms with E-state index in [9.17, 15) is 4.79 Å². The van der Waals surface area contributed by atoms with Gasteiger partial charge in [-0.2, -0.15) is 0 Å². The van der Waals surface area contributed by atoms with Crippen molar-refractivity contribution in [3.8, 4) is 0 Å². The predicted molar refractivity (Wildman–Crippen MR) is 90.1 cm³/mol. The summed E-state index contributed by atoms with van der Waals surface area (Å²) in [5.41, 5.74) is 2.64. The zero-order chi connectivity index (χ0) is 16.7. The van der Waals surface area contributed by atoms with Crippen LogP contribution in [0.5, 0.6) is 0 Å². The molecule has 4 nitrogen and oxygen atoms in total. The number of rotatable bonds is 6. The average molecular weight is 309 g/mol. The summed E-state index contributed by atoms with van der Waals surface area (Å²) in [5.74, 6) is -0.522. The molecule has 0 N–H and O–H groups in total. The summed E-state index contributed by atoms with van der Waals surface area (Å²) >= 11 is 0. The number of carbonyl (C=O) groups excluding carboxylic acids is 1. The minimum Gasteiger partial charge on any atom is -0.466 e. The van der Waals surface area contributed by atoms with E-state index < -0.39 is 12.1 Å². The van der Waals surface area contributed by atoms with Gasteiger partial charge in [0.2, 0.25) is 0 Å². The smallest absolute Gasteiger partial charge is 0.337 e. The van der Waals surface area contributed by atoms with Gasteiger partial charge in [-0.25, -0.2) is 4.79 Å². The molecule has 0 aliphatic carbocycles. The highest BCUT2D eigenvalue weighted by Crippen LogP contribution is 2.26. The third kappa shape index (κ3) is 4.30. The number of esters is 1. The van der Waals surface area contributed by atoms with Crippen LogP contribution in [0, 0.1) is 0 Å². The van der Waals surface area contributed by atoms with Crippen molar-refractivity contribution < 1.29 is 14.4 Å². The van der Waals surface area contributed by atoms with E-state index in [1.165, 1.54) is 7.11 Å². The maximum atomic E-state index is 11.8. The topological polar surface area (TPSA) is 47.9 Å². The number of oxime groups is 1. The van der Waals surface area contributed by atoms with Gasteiger partial charge in [0.1, 0.15) is 0 Å². The number of hydrogen-bond donors (Lipinski definition) is 0. The fraction of sp³-hybridized carbons (Fsp3) is 0.158. The van der Waals surface area contributed by atoms with E-state index in [1.807, 2.05) is 67.6 Å². The third-order valence-corrected chi connectivity index (χ3v) is 3.35. The Balaban J connectivity index is 2.25. The van der Waals surface area contributed by atoms with Gasteiger partial charge in [0.15, 0.2) is 6.10 Å². The molecule has 0 bridgehead atoms. The van der Waals surface area contributed by atoms with Gasteiger partial charge in [0, 0.05) is 0 Å². The highest BCUT2D eigenvalue weighted by molar-refractivity contribution is 5.98. The van der Waals surface area contributed by atoms with Crippen LogP contribution >= 0.6 is 0 Å². The lowest BCUT2D eigenvalue weighted by Gasteiger charge is -2.17. The van der Waals surface area contributed by atoms with E-state index in [2.05, 4.69) is 11.7 Å². The van der Waals surface area contributed by atoms with Crippen LogP contribution in [0.15, 0.2) is 78.0 Å². The molecule has 0 aromatic heterocycles. The molecule has 0 unspecified atom stereocenters. The largest absolute Gasteiger partial charge is 0.466 e. The van der Waals surface area contributed by atoms with Gasteiger partial charge in [-0.3, -0.25) is 0 Å². The van der Waals surface area contributed by atoms with Crippen LogP contribution in [0.4, 0.5) is 0 Å². The zero-order valence-electron chi connectivity index (χ0n) is 13.2. The molecule has 0 aliphatic heterocycles. The summed E-state index contributed by atoms with van der Waals surface area (Å²) in [4.78, 5) is 17.4. The number of benzene rings is 2. The van der Waals surface area contributed by atoms with E-state index in [4.69, 9.17) is 9.57 Å². The molecular weight excluding hydrogens is 290 g/mol. The maximum absolute atomic E-state index is 11.8. The Morgan fingerprint density at radius 3 is 2.17 bits per heavy atom. The van der Waals surface area contributed by atoms with E-state index in [1.54, 1.807) is 0 Å². The average Bonchev–Trinajstić information content (AvgIpc) is 2.62. The Hall–Kier alpha value is -2.88. The SMILES string of the molecule is C=C(C(=O)OC)[C@@H](O/N=C(\C)c1ccccc1)c1ccccc1. The minimum absolute atomic E-state index is 0.198. The van der Waals surface area contributed by atoms with Crippen molar-refractivity contribution in [1.29, 1.82) is 0 Å². The second kappa shape index (κ2) is 7.94. The predicted octanol–water partition coefficient (Wildman–Crippen LogP) is 3.90. The van der Waals surface area contributed by atoms with Gasteiger partial charge in [0.25, 0.3) is 0 Å². The summed E-state index contributed by atoms with van der Waals surface area (Å²) in [6.45, 7) is 5.63. The van der Waals surface area contributed by atoms with Crippen molar-refractivity contribution in [2.45, 2.75) is 13.0 Å². The number of carbonyl (C=O) groups is 1. The summed E-state index contributed by atoms with van der Waals surface area (Å²) < 4.78 is 4.74. The Bertz CT molecular complexity index is 693. The summed E-state index contributed by atoms with van der Waals surface area (Å²) in [7, 11) is 1.31. The van der Waals surface area contributed by atoms with Crippen molar-refractivity contribution in [1.82, 2.24) is 0 Å². The van der Waals surface area contributed by atoms with Gasteiger partial charge in [-0.1, -0.05) is 72.4 Å². The zero-order valence-corrected chi connectivity index (χ0v) is 13.2. The monoisotopic (exact) mass is 309 g/mol. The molecule has 0 saturated carbocycles. The summed E-state index contributed by atoms with van der Waals surface area (Å²) in [5, 5.41) is 4.16. The first-order chi connectivity index (χ1) is 11.1. The Morgan fingerprint density at radius 2 is 1.61 bits per heavy atom. The van der Waals surface area contributed by atoms with Crippen LogP contribution in [0.3, 0.4) is 0 Å². The van der Waals surface area contributed by atoms with Crippen LogP contribution in [-0.2, 0) is 14.4 Å². The van der Waals surface area contributed by atoms with E-state index >= 15 is 0 Å². The molecule has 0 amide bonds. The Morgan fingerprint density at radius 1 is 1.04 bits per heavy atom.